The van der Waals surface area contributed by atoms with Gasteiger partial charge in [-0.15, -0.1) is 11.3 Å². The Balaban J connectivity index is 2.26. The summed E-state index contributed by atoms with van der Waals surface area (Å²) < 4.78 is 31.1. The molecule has 0 radical (unpaired) electrons. The van der Waals surface area contributed by atoms with Gasteiger partial charge in [0.2, 0.25) is 12.5 Å². The molecule has 1 aromatic rings. The summed E-state index contributed by atoms with van der Waals surface area (Å²) in [5.74, 6) is -5.22. The lowest BCUT2D eigenvalue weighted by Gasteiger charge is -2.41. The smallest absolute Gasteiger partial charge is 0.363 e. The zero-order valence-electron chi connectivity index (χ0n) is 13.5. The summed E-state index contributed by atoms with van der Waals surface area (Å²) in [6, 6.07) is -3.61. The molecule has 15 nitrogen and oxygen atoms in total. The number of aliphatic carboxylic acids is 1. The molecule has 0 aromatic carbocycles. The summed E-state index contributed by atoms with van der Waals surface area (Å²) in [5.41, 5.74) is 9.72. The normalized spacial score (nSPS) is 19.7. The number of oxime groups is 1. The van der Waals surface area contributed by atoms with E-state index in [2.05, 4.69) is 15.0 Å². The van der Waals surface area contributed by atoms with Gasteiger partial charge in [0.25, 0.3) is 11.8 Å². The number of carbonyl (C=O) groups is 4. The number of nitrogen functional groups attached to an aromatic ring is 1. The average Bonchev–Trinajstić information content (AvgIpc) is 2.97. The van der Waals surface area contributed by atoms with E-state index in [1.165, 1.54) is 5.38 Å². The number of hydrogen-bond donors (Lipinski definition) is 5. The largest absolute Gasteiger partial charge is 0.479 e. The molecular formula is C11H12N6O9S2. The minimum absolute atomic E-state index is 0.0287. The van der Waals surface area contributed by atoms with Crippen LogP contribution in [0, 0.1) is 0 Å². The number of carboxylic acid groups (broad SMARTS) is 1. The second-order valence-corrected chi connectivity index (χ2v) is 7.27. The number of nitrogens with zero attached hydrogens (tertiary/aromatic N) is 3. The summed E-state index contributed by atoms with van der Waals surface area (Å²) in [7, 11) is -5.09. The van der Waals surface area contributed by atoms with E-state index in [9.17, 15) is 27.6 Å². The van der Waals surface area contributed by atoms with Gasteiger partial charge in [0.1, 0.15) is 11.7 Å². The quantitative estimate of drug-likeness (QED) is 0.116. The molecule has 7 N–H and O–H groups in total. The Bertz CT molecular complexity index is 971. The van der Waals surface area contributed by atoms with Crippen molar-refractivity contribution in [3.8, 4) is 0 Å². The molecule has 0 unspecified atom stereocenters. The first-order valence-electron chi connectivity index (χ1n) is 6.97. The summed E-state index contributed by atoms with van der Waals surface area (Å²) >= 11 is 0.911. The van der Waals surface area contributed by atoms with Gasteiger partial charge in [-0.05, 0) is 0 Å². The first-order chi connectivity index (χ1) is 12.9. The molecule has 2 heterocycles. The minimum Gasteiger partial charge on any atom is -0.479 e. The van der Waals surface area contributed by atoms with E-state index in [4.69, 9.17) is 21.1 Å². The molecule has 152 valence electrons. The van der Waals surface area contributed by atoms with Crippen LogP contribution in [0.4, 0.5) is 5.13 Å². The van der Waals surface area contributed by atoms with E-state index < -0.39 is 58.4 Å². The number of nitrogens with two attached hydrogens (primary N) is 2. The highest BCUT2D eigenvalue weighted by atomic mass is 32.2. The fourth-order valence-electron chi connectivity index (χ4n) is 2.10. The third kappa shape index (κ3) is 4.32. The zero-order chi connectivity index (χ0) is 21.2. The first-order valence-corrected chi connectivity index (χ1v) is 9.25. The SMILES string of the molecule is NC(=O)[C@@H]1[C@H](NC(=O)C(=NOCC(=O)O)c2csc(N)n2)C(=O)N1S(=O)(=O)O. The van der Waals surface area contributed by atoms with Crippen LogP contribution in [0.5, 0.6) is 0 Å². The fourth-order valence-corrected chi connectivity index (χ4v) is 3.50. The monoisotopic (exact) mass is 436 g/mol. The highest BCUT2D eigenvalue weighted by molar-refractivity contribution is 7.84. The van der Waals surface area contributed by atoms with E-state index in [0.29, 0.717) is 0 Å². The molecule has 0 aliphatic carbocycles. The Labute approximate surface area is 159 Å². The molecule has 1 saturated heterocycles. The van der Waals surface area contributed by atoms with Crippen molar-refractivity contribution < 1.29 is 42.1 Å². The molecule has 3 amide bonds. The van der Waals surface area contributed by atoms with Gasteiger partial charge in [-0.3, -0.25) is 18.9 Å². The van der Waals surface area contributed by atoms with E-state index in [1.807, 2.05) is 5.32 Å². The standard InChI is InChI=1S/C11H12N6O9S2/c12-8(20)7-6(10(22)17(7)28(23,24)25)15-9(21)5(16-26-1-4(18)19)3-2-27-11(13)14-3/h2,6-7H,1H2,(H2,12,20)(H2,13,14)(H,15,21)(H,18,19)(H,23,24,25)/t6-,7-/m0/s1. The summed E-state index contributed by atoms with van der Waals surface area (Å²) in [6.45, 7) is -0.904. The predicted octanol–water partition coefficient (Wildman–Crippen LogP) is -3.49. The fraction of sp³-hybridized carbons (Fsp3) is 0.273. The number of nitrogens with one attached hydrogen (secondary N) is 1. The lowest BCUT2D eigenvalue weighted by molar-refractivity contribution is -0.150. The molecule has 0 bridgehead atoms. The predicted molar refractivity (Wildman–Crippen MR) is 90.0 cm³/mol. The Morgan fingerprint density at radius 3 is 2.54 bits per heavy atom. The number of carboxylic acids is 1. The second kappa shape index (κ2) is 7.74. The van der Waals surface area contributed by atoms with Crippen molar-refractivity contribution in [1.82, 2.24) is 14.6 Å². The van der Waals surface area contributed by atoms with Crippen LogP contribution < -0.4 is 16.8 Å². The van der Waals surface area contributed by atoms with Gasteiger partial charge in [-0.1, -0.05) is 5.16 Å². The number of primary amides is 1. The highest BCUT2D eigenvalue weighted by Gasteiger charge is 2.57. The lowest BCUT2D eigenvalue weighted by atomic mass is 9.98. The summed E-state index contributed by atoms with van der Waals surface area (Å²) in [6.07, 6.45) is 0. The summed E-state index contributed by atoms with van der Waals surface area (Å²) in [5, 5.41) is 15.2. The van der Waals surface area contributed by atoms with Gasteiger partial charge in [-0.2, -0.15) is 12.7 Å². The molecule has 1 aliphatic rings. The lowest BCUT2D eigenvalue weighted by Crippen LogP contribution is -2.75. The van der Waals surface area contributed by atoms with E-state index in [-0.39, 0.29) is 15.1 Å². The molecule has 2 atom stereocenters. The van der Waals surface area contributed by atoms with Crippen molar-refractivity contribution in [1.29, 1.82) is 0 Å². The van der Waals surface area contributed by atoms with Crippen LogP contribution in [0.2, 0.25) is 0 Å². The van der Waals surface area contributed by atoms with Crippen molar-refractivity contribution in [3.63, 3.8) is 0 Å². The third-order valence-electron chi connectivity index (χ3n) is 3.20. The van der Waals surface area contributed by atoms with Crippen LogP contribution in [0.3, 0.4) is 0 Å². The number of rotatable bonds is 8. The van der Waals surface area contributed by atoms with E-state index in [1.54, 1.807) is 0 Å². The van der Waals surface area contributed by atoms with Gasteiger partial charge >= 0.3 is 16.3 Å². The Morgan fingerprint density at radius 2 is 2.07 bits per heavy atom. The zero-order valence-corrected chi connectivity index (χ0v) is 15.1. The van der Waals surface area contributed by atoms with Crippen LogP contribution in [0.25, 0.3) is 0 Å². The number of hydrogen-bond acceptors (Lipinski definition) is 11. The van der Waals surface area contributed by atoms with Crippen molar-refractivity contribution in [3.05, 3.63) is 11.1 Å². The number of β-lactam (4-membered cyclic amide) rings is 1. The maximum atomic E-state index is 12.4. The van der Waals surface area contributed by atoms with E-state index in [0.717, 1.165) is 11.3 Å². The van der Waals surface area contributed by atoms with E-state index >= 15 is 0 Å². The van der Waals surface area contributed by atoms with Crippen LogP contribution in [-0.4, -0.2) is 75.5 Å². The van der Waals surface area contributed by atoms with Gasteiger partial charge in [0, 0.05) is 5.38 Å². The van der Waals surface area contributed by atoms with Crippen molar-refractivity contribution in [2.75, 3.05) is 12.3 Å². The van der Waals surface area contributed by atoms with Gasteiger partial charge in [0.15, 0.2) is 16.9 Å². The topological polar surface area (TPSA) is 245 Å². The Morgan fingerprint density at radius 1 is 1.43 bits per heavy atom. The molecule has 1 aromatic heterocycles. The molecule has 1 aliphatic heterocycles. The van der Waals surface area contributed by atoms with Crippen molar-refractivity contribution >= 4 is 56.2 Å². The van der Waals surface area contributed by atoms with Crippen LogP contribution in [-0.2, 0) is 34.3 Å². The molecule has 1 fully saturated rings. The second-order valence-electron chi connectivity index (χ2n) is 5.09. The number of aromatic nitrogens is 1. The molecule has 0 spiro atoms. The summed E-state index contributed by atoms with van der Waals surface area (Å²) in [4.78, 5) is 54.5. The number of anilines is 1. The first kappa shape index (κ1) is 21.0. The molecular weight excluding hydrogens is 424 g/mol. The number of thiazole rings is 1. The third-order valence-corrected chi connectivity index (χ3v) is 4.78. The Kier molecular flexibility index (Phi) is 5.81. The molecule has 2 rings (SSSR count). The minimum atomic E-state index is -5.09. The molecule has 0 saturated carbocycles. The Hall–Kier alpha value is -3.31. The number of carbonyl (C=O) groups excluding carboxylic acids is 3. The molecule has 17 heteroatoms. The van der Waals surface area contributed by atoms with Crippen LogP contribution in [0.1, 0.15) is 5.69 Å². The average molecular weight is 436 g/mol. The van der Waals surface area contributed by atoms with Crippen LogP contribution >= 0.6 is 11.3 Å². The maximum Gasteiger partial charge on any atom is 0.363 e. The highest BCUT2D eigenvalue weighted by Crippen LogP contribution is 2.23. The van der Waals surface area contributed by atoms with Crippen molar-refractivity contribution in [2.24, 2.45) is 10.9 Å². The maximum absolute atomic E-state index is 12.4. The molecule has 28 heavy (non-hydrogen) atoms. The van der Waals surface area contributed by atoms with Gasteiger partial charge < -0.3 is 26.7 Å². The van der Waals surface area contributed by atoms with Gasteiger partial charge in [0.05, 0.1) is 0 Å². The van der Waals surface area contributed by atoms with Crippen LogP contribution in [0.15, 0.2) is 10.5 Å². The van der Waals surface area contributed by atoms with Crippen molar-refractivity contribution in [2.45, 2.75) is 12.1 Å². The van der Waals surface area contributed by atoms with Gasteiger partial charge in [-0.25, -0.2) is 9.78 Å². The number of amides is 3.